The minimum Gasteiger partial charge on any atom is -0.322 e. The van der Waals surface area contributed by atoms with Crippen LogP contribution in [0.25, 0.3) is 11.3 Å². The lowest BCUT2D eigenvalue weighted by molar-refractivity contribution is 0.102. The third kappa shape index (κ3) is 6.20. The van der Waals surface area contributed by atoms with Gasteiger partial charge in [0.1, 0.15) is 0 Å². The van der Waals surface area contributed by atoms with Crippen molar-refractivity contribution >= 4 is 23.2 Å². The van der Waals surface area contributed by atoms with Gasteiger partial charge in [-0.1, -0.05) is 19.1 Å². The highest BCUT2D eigenvalue weighted by Gasteiger charge is 2.20. The van der Waals surface area contributed by atoms with Gasteiger partial charge in [-0.2, -0.15) is 0 Å². The molecule has 0 spiro atoms. The molecule has 0 atom stereocenters. The molecule has 1 fully saturated rings. The Hall–Kier alpha value is -4.17. The summed E-state index contributed by atoms with van der Waals surface area (Å²) in [6, 6.07) is 15.5. The molecule has 1 saturated heterocycles. The van der Waals surface area contributed by atoms with E-state index in [2.05, 4.69) is 54.5 Å². The van der Waals surface area contributed by atoms with Crippen molar-refractivity contribution in [2.24, 2.45) is 0 Å². The number of likely N-dealkylation sites (tertiary alicyclic amines) is 1. The molecule has 4 aromatic rings. The number of rotatable bonds is 8. The quantitative estimate of drug-likeness (QED) is 0.310. The van der Waals surface area contributed by atoms with Crippen molar-refractivity contribution in [1.82, 2.24) is 24.8 Å². The van der Waals surface area contributed by atoms with E-state index < -0.39 is 0 Å². The lowest BCUT2D eigenvalue weighted by Crippen LogP contribution is -2.33. The molecule has 3 aromatic heterocycles. The van der Waals surface area contributed by atoms with Crippen molar-refractivity contribution in [3.8, 4) is 11.3 Å². The number of aromatic nitrogens is 4. The maximum atomic E-state index is 13.0. The predicted octanol–water partition coefficient (Wildman–Crippen LogP) is 5.83. The van der Waals surface area contributed by atoms with Gasteiger partial charge in [0.25, 0.3) is 5.91 Å². The number of anilines is 3. The molecule has 8 nitrogen and oxygen atoms in total. The Bertz CT molecular complexity index is 1370. The number of piperidine rings is 1. The molecule has 0 bridgehead atoms. The molecular weight excluding hydrogens is 474 g/mol. The van der Waals surface area contributed by atoms with Crippen LogP contribution < -0.4 is 10.6 Å². The van der Waals surface area contributed by atoms with Crippen LogP contribution in [0.15, 0.2) is 73.3 Å². The lowest BCUT2D eigenvalue weighted by atomic mass is 9.89. The van der Waals surface area contributed by atoms with E-state index in [0.29, 0.717) is 23.1 Å². The molecule has 1 aliphatic rings. The number of amides is 1. The van der Waals surface area contributed by atoms with E-state index in [1.165, 1.54) is 31.4 Å². The van der Waals surface area contributed by atoms with E-state index in [9.17, 15) is 4.79 Å². The molecule has 0 radical (unpaired) electrons. The number of carbonyl (C=O) groups is 1. The predicted molar refractivity (Wildman–Crippen MR) is 151 cm³/mol. The standard InChI is InChI=1S/C30H33N7O/c1-3-15-37-16-11-23(12-17-37)22-6-8-24(9-7-22)29(38)34-26-18-28(21(2)33-20-26)36-30-32-14-10-27(35-30)25-5-4-13-31-19-25/h4-10,13-14,18-20,23H,3,11-12,15-17H2,1-2H3,(H,34,38)(H,32,35,36). The van der Waals surface area contributed by atoms with Gasteiger partial charge in [0.2, 0.25) is 5.95 Å². The highest BCUT2D eigenvalue weighted by Crippen LogP contribution is 2.28. The van der Waals surface area contributed by atoms with Crippen molar-refractivity contribution < 1.29 is 4.79 Å². The monoisotopic (exact) mass is 507 g/mol. The fourth-order valence-corrected chi connectivity index (χ4v) is 4.86. The van der Waals surface area contributed by atoms with E-state index in [1.54, 1.807) is 24.8 Å². The van der Waals surface area contributed by atoms with Crippen LogP contribution in [0.5, 0.6) is 0 Å². The molecule has 194 valence electrons. The molecule has 0 aliphatic carbocycles. The van der Waals surface area contributed by atoms with E-state index >= 15 is 0 Å². The van der Waals surface area contributed by atoms with Gasteiger partial charge in [-0.05, 0) is 93.7 Å². The van der Waals surface area contributed by atoms with Gasteiger partial charge in [0.15, 0.2) is 0 Å². The van der Waals surface area contributed by atoms with Gasteiger partial charge in [0.05, 0.1) is 29.0 Å². The minimum atomic E-state index is -0.166. The number of hydrogen-bond donors (Lipinski definition) is 2. The lowest BCUT2D eigenvalue weighted by Gasteiger charge is -2.32. The normalized spacial score (nSPS) is 14.3. The van der Waals surface area contributed by atoms with Crippen LogP contribution in [-0.4, -0.2) is 50.4 Å². The summed E-state index contributed by atoms with van der Waals surface area (Å²) in [5, 5.41) is 6.20. The Labute approximate surface area is 223 Å². The SMILES string of the molecule is CCCN1CCC(c2ccc(C(=O)Nc3cnc(C)c(Nc4nccc(-c5cccnc5)n4)c3)cc2)CC1. The maximum Gasteiger partial charge on any atom is 0.255 e. The van der Waals surface area contributed by atoms with Gasteiger partial charge in [-0.15, -0.1) is 0 Å². The molecule has 1 aliphatic heterocycles. The van der Waals surface area contributed by atoms with E-state index in [4.69, 9.17) is 0 Å². The smallest absolute Gasteiger partial charge is 0.255 e. The average molecular weight is 508 g/mol. The van der Waals surface area contributed by atoms with Crippen molar-refractivity contribution in [3.63, 3.8) is 0 Å². The van der Waals surface area contributed by atoms with Crippen LogP contribution in [0, 0.1) is 6.92 Å². The second-order valence-electron chi connectivity index (χ2n) is 9.68. The van der Waals surface area contributed by atoms with Gasteiger partial charge < -0.3 is 15.5 Å². The largest absolute Gasteiger partial charge is 0.322 e. The molecular formula is C30H33N7O. The summed E-state index contributed by atoms with van der Waals surface area (Å²) in [6.45, 7) is 7.61. The summed E-state index contributed by atoms with van der Waals surface area (Å²) in [5.41, 5.74) is 5.69. The van der Waals surface area contributed by atoms with Crippen LogP contribution in [-0.2, 0) is 0 Å². The van der Waals surface area contributed by atoms with Crippen molar-refractivity contribution in [2.45, 2.75) is 39.0 Å². The van der Waals surface area contributed by atoms with Gasteiger partial charge >= 0.3 is 0 Å². The summed E-state index contributed by atoms with van der Waals surface area (Å²) in [5.74, 6) is 0.839. The van der Waals surface area contributed by atoms with Crippen molar-refractivity contribution in [2.75, 3.05) is 30.3 Å². The molecule has 2 N–H and O–H groups in total. The van der Waals surface area contributed by atoms with E-state index in [0.717, 1.165) is 35.7 Å². The summed E-state index contributed by atoms with van der Waals surface area (Å²) in [4.78, 5) is 33.1. The molecule has 1 amide bonds. The van der Waals surface area contributed by atoms with Crippen LogP contribution in [0.1, 0.15) is 53.7 Å². The highest BCUT2D eigenvalue weighted by molar-refractivity contribution is 6.04. The third-order valence-corrected chi connectivity index (χ3v) is 6.98. The van der Waals surface area contributed by atoms with Gasteiger partial charge in [0, 0.05) is 29.7 Å². The number of aryl methyl sites for hydroxylation is 1. The summed E-state index contributed by atoms with van der Waals surface area (Å²) in [6.07, 6.45) is 10.4. The molecule has 0 saturated carbocycles. The highest BCUT2D eigenvalue weighted by atomic mass is 16.1. The Balaban J connectivity index is 1.23. The first-order valence-electron chi connectivity index (χ1n) is 13.2. The van der Waals surface area contributed by atoms with E-state index in [-0.39, 0.29) is 5.91 Å². The van der Waals surface area contributed by atoms with E-state index in [1.807, 2.05) is 43.3 Å². The second-order valence-corrected chi connectivity index (χ2v) is 9.68. The zero-order valence-electron chi connectivity index (χ0n) is 21.9. The Kier molecular flexibility index (Phi) is 7.99. The fraction of sp³-hybridized carbons (Fsp3) is 0.300. The average Bonchev–Trinajstić information content (AvgIpc) is 2.96. The van der Waals surface area contributed by atoms with Crippen LogP contribution in [0.2, 0.25) is 0 Å². The van der Waals surface area contributed by atoms with Crippen molar-refractivity contribution in [1.29, 1.82) is 0 Å². The molecule has 5 rings (SSSR count). The topological polar surface area (TPSA) is 95.9 Å². The molecule has 0 unspecified atom stereocenters. The number of hydrogen-bond acceptors (Lipinski definition) is 7. The Morgan fingerprint density at radius 2 is 1.84 bits per heavy atom. The molecule has 38 heavy (non-hydrogen) atoms. The van der Waals surface area contributed by atoms with Crippen LogP contribution in [0.3, 0.4) is 0 Å². The molecule has 4 heterocycles. The first-order valence-corrected chi connectivity index (χ1v) is 13.2. The Morgan fingerprint density at radius 1 is 1.03 bits per heavy atom. The van der Waals surface area contributed by atoms with Crippen LogP contribution >= 0.6 is 0 Å². The first-order chi connectivity index (χ1) is 18.6. The number of pyridine rings is 2. The maximum absolute atomic E-state index is 13.0. The third-order valence-electron chi connectivity index (χ3n) is 6.98. The van der Waals surface area contributed by atoms with Crippen LogP contribution in [0.4, 0.5) is 17.3 Å². The minimum absolute atomic E-state index is 0.166. The fourth-order valence-electron chi connectivity index (χ4n) is 4.86. The number of carbonyl (C=O) groups excluding carboxylic acids is 1. The number of benzene rings is 1. The number of nitrogens with one attached hydrogen (secondary N) is 2. The Morgan fingerprint density at radius 3 is 2.58 bits per heavy atom. The first kappa shape index (κ1) is 25.5. The molecule has 8 heteroatoms. The second kappa shape index (κ2) is 11.9. The van der Waals surface area contributed by atoms with Gasteiger partial charge in [-0.3, -0.25) is 14.8 Å². The summed E-state index contributed by atoms with van der Waals surface area (Å²) in [7, 11) is 0. The van der Waals surface area contributed by atoms with Gasteiger partial charge in [-0.25, -0.2) is 9.97 Å². The molecule has 1 aromatic carbocycles. The number of nitrogens with zero attached hydrogens (tertiary/aromatic N) is 5. The van der Waals surface area contributed by atoms with Crippen molar-refractivity contribution in [3.05, 3.63) is 90.1 Å². The zero-order chi connectivity index (χ0) is 26.3. The summed E-state index contributed by atoms with van der Waals surface area (Å²) < 4.78 is 0. The zero-order valence-corrected chi connectivity index (χ0v) is 21.9. The summed E-state index contributed by atoms with van der Waals surface area (Å²) >= 11 is 0.